The Morgan fingerprint density at radius 1 is 1.33 bits per heavy atom. The first kappa shape index (κ1) is 15.6. The molecule has 1 aliphatic heterocycles. The van der Waals surface area contributed by atoms with E-state index in [-0.39, 0.29) is 18.8 Å². The smallest absolute Gasteiger partial charge is 0.386 e. The summed E-state index contributed by atoms with van der Waals surface area (Å²) < 4.78 is 42.2. The molecule has 2 rings (SSSR count). The quantitative estimate of drug-likeness (QED) is 0.799. The highest BCUT2D eigenvalue weighted by atomic mass is 19.4. The molecule has 2 amide bonds. The molecular weight excluding hydrogens is 289 g/mol. The van der Waals surface area contributed by atoms with E-state index in [2.05, 4.69) is 10.6 Å². The fraction of sp³-hybridized carbons (Fsp3) is 0.462. The summed E-state index contributed by atoms with van der Waals surface area (Å²) in [4.78, 5) is 11.6. The third kappa shape index (κ3) is 4.33. The summed E-state index contributed by atoms with van der Waals surface area (Å²) in [5.41, 5.74) is -1.64. The molecule has 0 bridgehead atoms. The fourth-order valence-electron chi connectivity index (χ4n) is 1.90. The number of urea groups is 1. The average Bonchev–Trinajstić information content (AvgIpc) is 2.84. The Balaban J connectivity index is 1.85. The van der Waals surface area contributed by atoms with Crippen LogP contribution in [0.2, 0.25) is 0 Å². The first-order chi connectivity index (χ1) is 9.78. The van der Waals surface area contributed by atoms with Gasteiger partial charge >= 0.3 is 12.2 Å². The molecule has 0 aromatic heterocycles. The zero-order valence-electron chi connectivity index (χ0n) is 11.0. The van der Waals surface area contributed by atoms with Gasteiger partial charge in [-0.05, 0) is 24.3 Å². The lowest BCUT2D eigenvalue weighted by molar-refractivity contribution is -0.137. The van der Waals surface area contributed by atoms with Gasteiger partial charge in [-0.3, -0.25) is 0 Å². The molecule has 0 saturated carbocycles. The van der Waals surface area contributed by atoms with Crippen LogP contribution in [0, 0.1) is 0 Å². The van der Waals surface area contributed by atoms with Crippen molar-refractivity contribution in [1.29, 1.82) is 0 Å². The van der Waals surface area contributed by atoms with Crippen LogP contribution < -0.4 is 10.6 Å². The van der Waals surface area contributed by atoms with E-state index in [1.165, 1.54) is 0 Å². The van der Waals surface area contributed by atoms with Gasteiger partial charge in [-0.1, -0.05) is 0 Å². The summed E-state index contributed by atoms with van der Waals surface area (Å²) in [6.45, 7) is 0.589. The largest absolute Gasteiger partial charge is 0.416 e. The lowest BCUT2D eigenvalue weighted by Gasteiger charge is -2.20. The van der Waals surface area contributed by atoms with Crippen molar-refractivity contribution in [3.8, 4) is 0 Å². The SMILES string of the molecule is O=C(NCC1(O)CCOC1)Nc1ccc(C(F)(F)F)cc1. The summed E-state index contributed by atoms with van der Waals surface area (Å²) in [5, 5.41) is 14.8. The van der Waals surface area contributed by atoms with Gasteiger partial charge in [0.25, 0.3) is 0 Å². The molecule has 1 saturated heterocycles. The van der Waals surface area contributed by atoms with E-state index in [1.807, 2.05) is 0 Å². The van der Waals surface area contributed by atoms with Crippen LogP contribution in [0.15, 0.2) is 24.3 Å². The molecule has 5 nitrogen and oxygen atoms in total. The number of aliphatic hydroxyl groups is 1. The number of anilines is 1. The van der Waals surface area contributed by atoms with Crippen LogP contribution in [-0.4, -0.2) is 36.5 Å². The Kier molecular flexibility index (Phi) is 4.38. The Morgan fingerprint density at radius 2 is 2.00 bits per heavy atom. The molecule has 1 atom stereocenters. The number of carbonyl (C=O) groups excluding carboxylic acids is 1. The van der Waals surface area contributed by atoms with Gasteiger partial charge in [0.2, 0.25) is 0 Å². The van der Waals surface area contributed by atoms with Crippen molar-refractivity contribution in [1.82, 2.24) is 5.32 Å². The van der Waals surface area contributed by atoms with Crippen molar-refractivity contribution in [2.24, 2.45) is 0 Å². The van der Waals surface area contributed by atoms with Crippen molar-refractivity contribution in [2.45, 2.75) is 18.2 Å². The van der Waals surface area contributed by atoms with Crippen LogP contribution in [0.4, 0.5) is 23.7 Å². The van der Waals surface area contributed by atoms with E-state index in [9.17, 15) is 23.1 Å². The van der Waals surface area contributed by atoms with Gasteiger partial charge in [-0.25, -0.2) is 4.79 Å². The van der Waals surface area contributed by atoms with E-state index < -0.39 is 23.4 Å². The number of alkyl halides is 3. The summed E-state index contributed by atoms with van der Waals surface area (Å²) in [6, 6.07) is 3.49. The van der Waals surface area contributed by atoms with E-state index in [0.29, 0.717) is 13.0 Å². The topological polar surface area (TPSA) is 70.6 Å². The Labute approximate surface area is 119 Å². The van der Waals surface area contributed by atoms with Crippen LogP contribution in [0.3, 0.4) is 0 Å². The molecule has 116 valence electrons. The standard InChI is InChI=1S/C13H15F3N2O3/c14-13(15,16)9-1-3-10(4-2-9)18-11(19)17-7-12(20)5-6-21-8-12/h1-4,20H,5-8H2,(H2,17,18,19). The minimum Gasteiger partial charge on any atom is -0.386 e. The van der Waals surface area contributed by atoms with Gasteiger partial charge in [-0.2, -0.15) is 13.2 Å². The molecule has 1 fully saturated rings. The van der Waals surface area contributed by atoms with E-state index in [1.54, 1.807) is 0 Å². The molecule has 1 unspecified atom stereocenters. The Hall–Kier alpha value is -1.80. The summed E-state index contributed by atoms with van der Waals surface area (Å²) in [7, 11) is 0. The van der Waals surface area contributed by atoms with Crippen LogP contribution in [0.1, 0.15) is 12.0 Å². The van der Waals surface area contributed by atoms with Crippen LogP contribution >= 0.6 is 0 Å². The van der Waals surface area contributed by atoms with Crippen molar-refractivity contribution in [2.75, 3.05) is 25.1 Å². The van der Waals surface area contributed by atoms with Gasteiger partial charge in [0.15, 0.2) is 0 Å². The van der Waals surface area contributed by atoms with Crippen LogP contribution in [0.5, 0.6) is 0 Å². The molecular formula is C13H15F3N2O3. The Morgan fingerprint density at radius 3 is 2.52 bits per heavy atom. The van der Waals surface area contributed by atoms with E-state index in [4.69, 9.17) is 4.74 Å². The van der Waals surface area contributed by atoms with Gasteiger partial charge in [0.05, 0.1) is 18.7 Å². The van der Waals surface area contributed by atoms with Gasteiger partial charge in [0, 0.05) is 18.7 Å². The molecule has 3 N–H and O–H groups in total. The molecule has 8 heteroatoms. The van der Waals surface area contributed by atoms with Crippen molar-refractivity contribution < 1.29 is 27.8 Å². The normalized spacial score (nSPS) is 22.1. The molecule has 0 spiro atoms. The van der Waals surface area contributed by atoms with Gasteiger partial charge < -0.3 is 20.5 Å². The summed E-state index contributed by atoms with van der Waals surface area (Å²) in [5.74, 6) is 0. The first-order valence-electron chi connectivity index (χ1n) is 6.31. The van der Waals surface area contributed by atoms with Crippen LogP contribution in [-0.2, 0) is 10.9 Å². The third-order valence-corrected chi connectivity index (χ3v) is 3.13. The number of benzene rings is 1. The van der Waals surface area contributed by atoms with Gasteiger partial charge in [-0.15, -0.1) is 0 Å². The second kappa shape index (κ2) is 5.90. The molecule has 1 heterocycles. The second-order valence-corrected chi connectivity index (χ2v) is 4.91. The number of hydrogen-bond donors (Lipinski definition) is 3. The minimum absolute atomic E-state index is 0.0134. The van der Waals surface area contributed by atoms with E-state index in [0.717, 1.165) is 24.3 Å². The summed E-state index contributed by atoms with van der Waals surface area (Å²) in [6.07, 6.45) is -3.99. The monoisotopic (exact) mass is 304 g/mol. The molecule has 0 radical (unpaired) electrons. The average molecular weight is 304 g/mol. The number of rotatable bonds is 3. The predicted molar refractivity (Wildman–Crippen MR) is 68.9 cm³/mol. The summed E-state index contributed by atoms with van der Waals surface area (Å²) >= 11 is 0. The number of carbonyl (C=O) groups is 1. The second-order valence-electron chi connectivity index (χ2n) is 4.91. The van der Waals surface area contributed by atoms with E-state index >= 15 is 0 Å². The third-order valence-electron chi connectivity index (χ3n) is 3.13. The predicted octanol–water partition coefficient (Wildman–Crippen LogP) is 1.98. The molecule has 1 aliphatic rings. The lowest BCUT2D eigenvalue weighted by atomic mass is 10.0. The molecule has 1 aromatic carbocycles. The zero-order valence-corrected chi connectivity index (χ0v) is 11.0. The first-order valence-corrected chi connectivity index (χ1v) is 6.31. The highest BCUT2D eigenvalue weighted by Gasteiger charge is 2.32. The maximum Gasteiger partial charge on any atom is 0.416 e. The van der Waals surface area contributed by atoms with Crippen molar-refractivity contribution >= 4 is 11.7 Å². The highest BCUT2D eigenvalue weighted by molar-refractivity contribution is 5.89. The molecule has 0 aliphatic carbocycles. The number of hydrogen-bond acceptors (Lipinski definition) is 3. The van der Waals surface area contributed by atoms with Crippen molar-refractivity contribution in [3.05, 3.63) is 29.8 Å². The van der Waals surface area contributed by atoms with Gasteiger partial charge in [0.1, 0.15) is 5.60 Å². The fourth-order valence-corrected chi connectivity index (χ4v) is 1.90. The maximum absolute atomic E-state index is 12.4. The van der Waals surface area contributed by atoms with Crippen LogP contribution in [0.25, 0.3) is 0 Å². The number of amides is 2. The zero-order chi connectivity index (χ0) is 15.5. The molecule has 21 heavy (non-hydrogen) atoms. The number of ether oxygens (including phenoxy) is 1. The highest BCUT2D eigenvalue weighted by Crippen LogP contribution is 2.29. The maximum atomic E-state index is 12.4. The minimum atomic E-state index is -4.41. The Bertz CT molecular complexity index is 496. The molecule has 1 aromatic rings. The number of nitrogens with one attached hydrogen (secondary N) is 2. The number of halogens is 3. The van der Waals surface area contributed by atoms with Crippen molar-refractivity contribution in [3.63, 3.8) is 0 Å². The lowest BCUT2D eigenvalue weighted by Crippen LogP contribution is -2.44.